The van der Waals surface area contributed by atoms with Gasteiger partial charge in [-0.05, 0) is 52.1 Å². The van der Waals surface area contributed by atoms with Crippen LogP contribution in [0.1, 0.15) is 25.3 Å². The minimum absolute atomic E-state index is 0.0759. The highest BCUT2D eigenvalue weighted by Crippen LogP contribution is 2.27. The number of hydrogen-bond acceptors (Lipinski definition) is 1. The van der Waals surface area contributed by atoms with Crippen LogP contribution in [0.25, 0.3) is 21.5 Å². The summed E-state index contributed by atoms with van der Waals surface area (Å²) in [6.07, 6.45) is 1.80. The van der Waals surface area contributed by atoms with Crippen molar-refractivity contribution >= 4 is 27.5 Å². The van der Waals surface area contributed by atoms with Crippen LogP contribution in [-0.2, 0) is 4.79 Å². The van der Waals surface area contributed by atoms with Crippen molar-refractivity contribution in [2.24, 2.45) is 0 Å². The molecule has 110 valence electrons. The first-order valence-corrected chi connectivity index (χ1v) is 7.39. The number of aliphatic carboxylic acids is 1. The Labute approximate surface area is 129 Å². The van der Waals surface area contributed by atoms with Crippen LogP contribution in [0.5, 0.6) is 0 Å². The second-order valence-corrected chi connectivity index (χ2v) is 5.75. The van der Waals surface area contributed by atoms with Gasteiger partial charge in [0.1, 0.15) is 0 Å². The number of hydrogen-bond donors (Lipinski definition) is 1. The quantitative estimate of drug-likeness (QED) is 0.536. The molecule has 3 aromatic rings. The normalized spacial score (nSPS) is 13.5. The van der Waals surface area contributed by atoms with Crippen LogP contribution in [0.15, 0.2) is 66.2 Å². The lowest BCUT2D eigenvalue weighted by molar-refractivity contribution is -0.132. The summed E-state index contributed by atoms with van der Waals surface area (Å²) in [6, 6.07) is 19.0. The van der Waals surface area contributed by atoms with Crippen molar-refractivity contribution in [3.05, 3.63) is 71.8 Å². The number of fused-ring (bicyclic) bond motifs is 2. The van der Waals surface area contributed by atoms with Crippen molar-refractivity contribution in [2.45, 2.75) is 19.8 Å². The molecule has 3 aromatic carbocycles. The fourth-order valence-corrected chi connectivity index (χ4v) is 2.78. The van der Waals surface area contributed by atoms with Crippen molar-refractivity contribution in [2.75, 3.05) is 0 Å². The number of carboxylic acids is 1. The standard InChI is InChI=1S/C20H18O2/c1-13(9-14(2)20(21)22)15-7-8-18-11-16-5-3-4-6-17(16)12-19(18)10-15/h3-13H,1-2H3,(H,21,22)/b14-9+. The summed E-state index contributed by atoms with van der Waals surface area (Å²) in [5, 5.41) is 13.8. The first kappa shape index (κ1) is 14.3. The van der Waals surface area contributed by atoms with Gasteiger partial charge in [0.05, 0.1) is 0 Å². The maximum atomic E-state index is 11.0. The van der Waals surface area contributed by atoms with Gasteiger partial charge in [-0.25, -0.2) is 4.79 Å². The van der Waals surface area contributed by atoms with Gasteiger partial charge in [0.2, 0.25) is 0 Å². The molecule has 0 heterocycles. The van der Waals surface area contributed by atoms with Gasteiger partial charge in [-0.3, -0.25) is 0 Å². The molecule has 1 atom stereocenters. The molecule has 0 aliphatic rings. The summed E-state index contributed by atoms with van der Waals surface area (Å²) < 4.78 is 0. The number of rotatable bonds is 3. The van der Waals surface area contributed by atoms with Gasteiger partial charge in [-0.2, -0.15) is 0 Å². The molecule has 1 unspecified atom stereocenters. The Morgan fingerprint density at radius 2 is 1.55 bits per heavy atom. The lowest BCUT2D eigenvalue weighted by Crippen LogP contribution is -1.99. The van der Waals surface area contributed by atoms with Gasteiger partial charge < -0.3 is 5.11 Å². The summed E-state index contributed by atoms with van der Waals surface area (Å²) in [6.45, 7) is 3.65. The minimum Gasteiger partial charge on any atom is -0.478 e. The number of carbonyl (C=O) groups is 1. The summed E-state index contributed by atoms with van der Waals surface area (Å²) in [5.41, 5.74) is 1.51. The fraction of sp³-hybridized carbons (Fsp3) is 0.150. The van der Waals surface area contributed by atoms with E-state index in [0.29, 0.717) is 5.57 Å². The number of allylic oxidation sites excluding steroid dienone is 1. The van der Waals surface area contributed by atoms with Gasteiger partial charge in [0.15, 0.2) is 0 Å². The predicted octanol–water partition coefficient (Wildman–Crippen LogP) is 5.13. The molecule has 22 heavy (non-hydrogen) atoms. The van der Waals surface area contributed by atoms with E-state index in [0.717, 1.165) is 5.56 Å². The van der Waals surface area contributed by atoms with E-state index < -0.39 is 5.97 Å². The molecular formula is C20H18O2. The van der Waals surface area contributed by atoms with Crippen molar-refractivity contribution < 1.29 is 9.90 Å². The Hall–Kier alpha value is -2.61. The van der Waals surface area contributed by atoms with Crippen LogP contribution in [0.3, 0.4) is 0 Å². The van der Waals surface area contributed by atoms with E-state index in [4.69, 9.17) is 5.11 Å². The molecule has 0 fully saturated rings. The lowest BCUT2D eigenvalue weighted by Gasteiger charge is -2.10. The molecular weight excluding hydrogens is 272 g/mol. The number of carboxylic acid groups (broad SMARTS) is 1. The van der Waals surface area contributed by atoms with E-state index in [9.17, 15) is 4.79 Å². The van der Waals surface area contributed by atoms with Crippen molar-refractivity contribution in [3.8, 4) is 0 Å². The van der Waals surface area contributed by atoms with E-state index in [-0.39, 0.29) is 5.92 Å². The average molecular weight is 290 g/mol. The van der Waals surface area contributed by atoms with Crippen LogP contribution < -0.4 is 0 Å². The highest BCUT2D eigenvalue weighted by Gasteiger charge is 2.08. The molecule has 0 saturated heterocycles. The summed E-state index contributed by atoms with van der Waals surface area (Å²) >= 11 is 0. The van der Waals surface area contributed by atoms with Gasteiger partial charge >= 0.3 is 5.97 Å². The van der Waals surface area contributed by atoms with Crippen LogP contribution >= 0.6 is 0 Å². The smallest absolute Gasteiger partial charge is 0.330 e. The van der Waals surface area contributed by atoms with Gasteiger partial charge in [0, 0.05) is 5.57 Å². The predicted molar refractivity (Wildman–Crippen MR) is 91.3 cm³/mol. The molecule has 2 heteroatoms. The minimum atomic E-state index is -0.862. The van der Waals surface area contributed by atoms with Crippen molar-refractivity contribution in [1.29, 1.82) is 0 Å². The maximum absolute atomic E-state index is 11.0. The molecule has 0 aromatic heterocycles. The van der Waals surface area contributed by atoms with E-state index in [1.807, 2.05) is 19.1 Å². The van der Waals surface area contributed by atoms with Crippen LogP contribution in [0, 0.1) is 0 Å². The van der Waals surface area contributed by atoms with Crippen molar-refractivity contribution in [3.63, 3.8) is 0 Å². The van der Waals surface area contributed by atoms with E-state index in [2.05, 4.69) is 42.5 Å². The zero-order valence-electron chi connectivity index (χ0n) is 12.7. The van der Waals surface area contributed by atoms with E-state index >= 15 is 0 Å². The summed E-state index contributed by atoms with van der Waals surface area (Å²) in [7, 11) is 0. The zero-order chi connectivity index (χ0) is 15.7. The molecule has 0 radical (unpaired) electrons. The Morgan fingerprint density at radius 1 is 0.955 bits per heavy atom. The van der Waals surface area contributed by atoms with Crippen molar-refractivity contribution in [1.82, 2.24) is 0 Å². The Kier molecular flexibility index (Phi) is 3.68. The fourth-order valence-electron chi connectivity index (χ4n) is 2.78. The third kappa shape index (κ3) is 2.73. The van der Waals surface area contributed by atoms with E-state index in [1.165, 1.54) is 21.5 Å². The van der Waals surface area contributed by atoms with Crippen LogP contribution in [0.2, 0.25) is 0 Å². The van der Waals surface area contributed by atoms with Gasteiger partial charge in [-0.15, -0.1) is 0 Å². The Bertz CT molecular complexity index is 890. The number of benzene rings is 3. The van der Waals surface area contributed by atoms with Gasteiger partial charge in [-0.1, -0.05) is 55.5 Å². The molecule has 2 nitrogen and oxygen atoms in total. The SMILES string of the molecule is C/C(=C\C(C)c1ccc2cc3ccccc3cc2c1)C(=O)O. The van der Waals surface area contributed by atoms with Gasteiger partial charge in [0.25, 0.3) is 0 Å². The maximum Gasteiger partial charge on any atom is 0.330 e. The Balaban J connectivity index is 2.07. The first-order valence-electron chi connectivity index (χ1n) is 7.39. The molecule has 0 saturated carbocycles. The molecule has 1 N–H and O–H groups in total. The molecule has 3 rings (SSSR count). The monoisotopic (exact) mass is 290 g/mol. The van der Waals surface area contributed by atoms with Crippen LogP contribution in [-0.4, -0.2) is 11.1 Å². The summed E-state index contributed by atoms with van der Waals surface area (Å²) in [4.78, 5) is 11.0. The first-order chi connectivity index (χ1) is 10.5. The third-order valence-electron chi connectivity index (χ3n) is 4.09. The Morgan fingerprint density at radius 3 is 2.18 bits per heavy atom. The highest BCUT2D eigenvalue weighted by atomic mass is 16.4. The molecule has 0 amide bonds. The molecule has 0 spiro atoms. The largest absolute Gasteiger partial charge is 0.478 e. The molecule has 0 aliphatic heterocycles. The lowest BCUT2D eigenvalue weighted by atomic mass is 9.95. The topological polar surface area (TPSA) is 37.3 Å². The second kappa shape index (κ2) is 5.64. The zero-order valence-corrected chi connectivity index (χ0v) is 12.7. The third-order valence-corrected chi connectivity index (χ3v) is 4.09. The molecule has 0 aliphatic carbocycles. The molecule has 0 bridgehead atoms. The van der Waals surface area contributed by atoms with E-state index in [1.54, 1.807) is 13.0 Å². The highest BCUT2D eigenvalue weighted by molar-refractivity contribution is 5.98. The second-order valence-electron chi connectivity index (χ2n) is 5.75. The van der Waals surface area contributed by atoms with Crippen LogP contribution in [0.4, 0.5) is 0 Å². The summed E-state index contributed by atoms with van der Waals surface area (Å²) in [5.74, 6) is -0.786. The average Bonchev–Trinajstić information content (AvgIpc) is 2.52.